The lowest BCUT2D eigenvalue weighted by Crippen LogP contribution is -2.35. The largest absolute Gasteiger partial charge is 0.508 e. The minimum absolute atomic E-state index is 0.0369. The number of rotatable bonds is 7. The number of carboxylic acids is 1. The van der Waals surface area contributed by atoms with Gasteiger partial charge in [0.25, 0.3) is 0 Å². The smallest absolute Gasteiger partial charge is 0.407 e. The number of carbonyl (C=O) groups is 2. The standard InChI is InChI=1S/C25H23NO5/c27-23-12-6-1-7-16(23)13-17(24(28)29)14-26-25(30)31-15-22-20-10-4-2-8-18(20)19-9-3-5-11-21(19)22/h1-12,17,22,27H,13-15H2,(H,26,30)(H,28,29). The van der Waals surface area contributed by atoms with E-state index in [0.29, 0.717) is 5.56 Å². The fourth-order valence-electron chi connectivity index (χ4n) is 4.05. The van der Waals surface area contributed by atoms with Crippen molar-refractivity contribution in [2.75, 3.05) is 13.2 Å². The van der Waals surface area contributed by atoms with Gasteiger partial charge in [0.1, 0.15) is 12.4 Å². The second-order valence-electron chi connectivity index (χ2n) is 7.57. The molecule has 6 heteroatoms. The highest BCUT2D eigenvalue weighted by Gasteiger charge is 2.29. The van der Waals surface area contributed by atoms with Gasteiger partial charge >= 0.3 is 12.1 Å². The molecule has 0 saturated heterocycles. The van der Waals surface area contributed by atoms with Gasteiger partial charge in [-0.3, -0.25) is 4.79 Å². The molecule has 0 fully saturated rings. The Hall–Kier alpha value is -3.80. The molecule has 1 atom stereocenters. The fraction of sp³-hybridized carbons (Fsp3) is 0.200. The minimum atomic E-state index is -1.05. The minimum Gasteiger partial charge on any atom is -0.508 e. The normalized spacial score (nSPS) is 13.2. The first-order valence-corrected chi connectivity index (χ1v) is 10.1. The van der Waals surface area contributed by atoms with Crippen molar-refractivity contribution in [3.8, 4) is 16.9 Å². The lowest BCUT2D eigenvalue weighted by molar-refractivity contribution is -0.141. The van der Waals surface area contributed by atoms with E-state index in [-0.39, 0.29) is 31.2 Å². The maximum absolute atomic E-state index is 12.3. The van der Waals surface area contributed by atoms with E-state index < -0.39 is 18.0 Å². The van der Waals surface area contributed by atoms with Crippen molar-refractivity contribution in [2.45, 2.75) is 12.3 Å². The summed E-state index contributed by atoms with van der Waals surface area (Å²) in [6.07, 6.45) is -0.559. The Balaban J connectivity index is 1.37. The molecule has 0 saturated carbocycles. The number of phenols is 1. The van der Waals surface area contributed by atoms with E-state index in [4.69, 9.17) is 4.74 Å². The summed E-state index contributed by atoms with van der Waals surface area (Å²) >= 11 is 0. The van der Waals surface area contributed by atoms with Gasteiger partial charge in [-0.2, -0.15) is 0 Å². The van der Waals surface area contributed by atoms with Crippen molar-refractivity contribution < 1.29 is 24.5 Å². The van der Waals surface area contributed by atoms with E-state index in [0.717, 1.165) is 22.3 Å². The van der Waals surface area contributed by atoms with Crippen LogP contribution in [-0.4, -0.2) is 35.4 Å². The highest BCUT2D eigenvalue weighted by Crippen LogP contribution is 2.44. The summed E-state index contributed by atoms with van der Waals surface area (Å²) in [6, 6.07) is 22.7. The first-order chi connectivity index (χ1) is 15.0. The number of hydrogen-bond acceptors (Lipinski definition) is 4. The van der Waals surface area contributed by atoms with E-state index in [1.807, 2.05) is 36.4 Å². The molecule has 31 heavy (non-hydrogen) atoms. The molecule has 1 aliphatic carbocycles. The average Bonchev–Trinajstić information content (AvgIpc) is 3.10. The Morgan fingerprint density at radius 1 is 0.903 bits per heavy atom. The van der Waals surface area contributed by atoms with Crippen LogP contribution in [0.25, 0.3) is 11.1 Å². The molecule has 3 aromatic carbocycles. The second kappa shape index (κ2) is 8.92. The lowest BCUT2D eigenvalue weighted by Gasteiger charge is -2.17. The zero-order chi connectivity index (χ0) is 21.8. The third kappa shape index (κ3) is 4.38. The number of amides is 1. The van der Waals surface area contributed by atoms with Crippen LogP contribution in [0.2, 0.25) is 0 Å². The van der Waals surface area contributed by atoms with Crippen LogP contribution in [-0.2, 0) is 16.0 Å². The van der Waals surface area contributed by atoms with E-state index >= 15 is 0 Å². The number of para-hydroxylation sites is 1. The molecule has 3 N–H and O–H groups in total. The van der Waals surface area contributed by atoms with Crippen molar-refractivity contribution in [1.29, 1.82) is 0 Å². The molecule has 1 unspecified atom stereocenters. The van der Waals surface area contributed by atoms with Crippen LogP contribution in [0.4, 0.5) is 4.79 Å². The van der Waals surface area contributed by atoms with E-state index in [1.165, 1.54) is 6.07 Å². The summed E-state index contributed by atoms with van der Waals surface area (Å²) in [7, 11) is 0. The first kappa shape index (κ1) is 20.5. The number of carbonyl (C=O) groups excluding carboxylic acids is 1. The molecule has 0 spiro atoms. The number of fused-ring (bicyclic) bond motifs is 3. The van der Waals surface area contributed by atoms with Crippen molar-refractivity contribution in [2.24, 2.45) is 5.92 Å². The number of aromatic hydroxyl groups is 1. The van der Waals surface area contributed by atoms with Crippen LogP contribution >= 0.6 is 0 Å². The van der Waals surface area contributed by atoms with Crippen molar-refractivity contribution in [3.05, 3.63) is 89.5 Å². The van der Waals surface area contributed by atoms with Crippen molar-refractivity contribution in [1.82, 2.24) is 5.32 Å². The van der Waals surface area contributed by atoms with E-state index in [2.05, 4.69) is 17.4 Å². The Labute approximate surface area is 180 Å². The Bertz CT molecular complexity index is 1060. The van der Waals surface area contributed by atoms with Gasteiger partial charge in [0.05, 0.1) is 5.92 Å². The summed E-state index contributed by atoms with van der Waals surface area (Å²) in [5, 5.41) is 21.9. The lowest BCUT2D eigenvalue weighted by atomic mass is 9.98. The molecular weight excluding hydrogens is 394 g/mol. The Morgan fingerprint density at radius 2 is 1.48 bits per heavy atom. The number of alkyl carbamates (subject to hydrolysis) is 1. The summed E-state index contributed by atoms with van der Waals surface area (Å²) in [5.74, 6) is -1.96. The molecule has 6 nitrogen and oxygen atoms in total. The van der Waals surface area contributed by atoms with Crippen molar-refractivity contribution >= 4 is 12.1 Å². The predicted octanol–water partition coefficient (Wildman–Crippen LogP) is 4.17. The molecule has 0 aliphatic heterocycles. The zero-order valence-corrected chi connectivity index (χ0v) is 16.8. The highest BCUT2D eigenvalue weighted by atomic mass is 16.5. The number of hydrogen-bond donors (Lipinski definition) is 3. The van der Waals surface area contributed by atoms with Gasteiger partial charge < -0.3 is 20.3 Å². The number of ether oxygens (including phenoxy) is 1. The van der Waals surface area contributed by atoms with Gasteiger partial charge in [-0.15, -0.1) is 0 Å². The van der Waals surface area contributed by atoms with Gasteiger partial charge in [0.2, 0.25) is 0 Å². The summed E-state index contributed by atoms with van der Waals surface area (Å²) in [5.41, 5.74) is 5.02. The fourth-order valence-corrected chi connectivity index (χ4v) is 4.05. The second-order valence-corrected chi connectivity index (χ2v) is 7.57. The maximum Gasteiger partial charge on any atom is 0.407 e. The van der Waals surface area contributed by atoms with Gasteiger partial charge in [-0.05, 0) is 40.3 Å². The molecule has 4 rings (SSSR count). The first-order valence-electron chi connectivity index (χ1n) is 10.1. The summed E-state index contributed by atoms with van der Waals surface area (Å²) in [4.78, 5) is 23.9. The third-order valence-electron chi connectivity index (χ3n) is 5.64. The molecule has 1 amide bonds. The number of phenolic OH excluding ortho intramolecular Hbond substituents is 1. The van der Waals surface area contributed by atoms with Crippen molar-refractivity contribution in [3.63, 3.8) is 0 Å². The van der Waals surface area contributed by atoms with E-state index in [1.54, 1.807) is 18.2 Å². The average molecular weight is 417 g/mol. The molecule has 158 valence electrons. The van der Waals surface area contributed by atoms with Crippen LogP contribution < -0.4 is 5.32 Å². The summed E-state index contributed by atoms with van der Waals surface area (Å²) < 4.78 is 5.45. The van der Waals surface area contributed by atoms with Gasteiger partial charge in [0, 0.05) is 12.5 Å². The summed E-state index contributed by atoms with van der Waals surface area (Å²) in [6.45, 7) is 0.0669. The third-order valence-corrected chi connectivity index (χ3v) is 5.64. The van der Waals surface area contributed by atoms with E-state index in [9.17, 15) is 19.8 Å². The number of nitrogens with one attached hydrogen (secondary N) is 1. The zero-order valence-electron chi connectivity index (χ0n) is 16.8. The molecular formula is C25H23NO5. The van der Waals surface area contributed by atoms with Crippen LogP contribution in [0.5, 0.6) is 5.75 Å². The molecule has 0 bridgehead atoms. The number of benzene rings is 3. The topological polar surface area (TPSA) is 95.9 Å². The molecule has 1 aliphatic rings. The van der Waals surface area contributed by atoms with Crippen LogP contribution in [0.3, 0.4) is 0 Å². The SMILES string of the molecule is O=C(NCC(Cc1ccccc1O)C(=O)O)OCC1c2ccccc2-c2ccccc21. The van der Waals surface area contributed by atoms with Crippen LogP contribution in [0, 0.1) is 5.92 Å². The van der Waals surface area contributed by atoms with Crippen LogP contribution in [0.1, 0.15) is 22.6 Å². The molecule has 0 aromatic heterocycles. The Kier molecular flexibility index (Phi) is 5.89. The number of carboxylic acid groups (broad SMARTS) is 1. The molecule has 0 radical (unpaired) electrons. The quantitative estimate of drug-likeness (QED) is 0.536. The molecule has 0 heterocycles. The number of aliphatic carboxylic acids is 1. The Morgan fingerprint density at radius 3 is 2.10 bits per heavy atom. The highest BCUT2D eigenvalue weighted by molar-refractivity contribution is 5.79. The maximum atomic E-state index is 12.3. The predicted molar refractivity (Wildman–Crippen MR) is 116 cm³/mol. The monoisotopic (exact) mass is 417 g/mol. The molecule has 3 aromatic rings. The van der Waals surface area contributed by atoms with Gasteiger partial charge in [-0.1, -0.05) is 66.7 Å². The van der Waals surface area contributed by atoms with Gasteiger partial charge in [0.15, 0.2) is 0 Å². The van der Waals surface area contributed by atoms with Crippen LogP contribution in [0.15, 0.2) is 72.8 Å². The van der Waals surface area contributed by atoms with Gasteiger partial charge in [-0.25, -0.2) is 4.79 Å².